The lowest BCUT2D eigenvalue weighted by Gasteiger charge is -2.32. The number of hydrogen-bond donors (Lipinski definition) is 1. The molecule has 1 aliphatic rings. The molecule has 0 amide bonds. The number of nitrogens with zero attached hydrogens (tertiary/aromatic N) is 2. The van der Waals surface area contributed by atoms with Gasteiger partial charge in [0.2, 0.25) is 0 Å². The van der Waals surface area contributed by atoms with Crippen LogP contribution in [0.1, 0.15) is 24.1 Å². The highest BCUT2D eigenvalue weighted by molar-refractivity contribution is 5.41. The van der Waals surface area contributed by atoms with E-state index in [1.807, 2.05) is 0 Å². The van der Waals surface area contributed by atoms with Crippen LogP contribution in [0, 0.1) is 19.8 Å². The minimum atomic E-state index is 0.711. The second kappa shape index (κ2) is 4.83. The van der Waals surface area contributed by atoms with E-state index in [1.54, 1.807) is 0 Å². The van der Waals surface area contributed by atoms with Gasteiger partial charge in [0, 0.05) is 18.8 Å². The lowest BCUT2D eigenvalue weighted by atomic mass is 9.97. The van der Waals surface area contributed by atoms with E-state index in [0.717, 1.165) is 31.1 Å². The number of pyridine rings is 1. The molecule has 1 fully saturated rings. The molecule has 0 saturated carbocycles. The first-order chi connectivity index (χ1) is 7.70. The van der Waals surface area contributed by atoms with E-state index in [9.17, 15) is 0 Å². The van der Waals surface area contributed by atoms with E-state index >= 15 is 0 Å². The number of aryl methyl sites for hydroxylation is 2. The number of piperidine rings is 1. The van der Waals surface area contributed by atoms with E-state index in [2.05, 4.69) is 35.9 Å². The van der Waals surface area contributed by atoms with Crippen LogP contribution < -0.4 is 10.6 Å². The summed E-state index contributed by atoms with van der Waals surface area (Å²) in [5.74, 6) is 1.83. The maximum absolute atomic E-state index is 5.70. The number of nitrogens with two attached hydrogens (primary N) is 1. The molecule has 1 saturated heterocycles. The maximum atomic E-state index is 5.70. The van der Waals surface area contributed by atoms with Gasteiger partial charge in [-0.05, 0) is 50.8 Å². The maximum Gasteiger partial charge on any atom is 0.128 e. The largest absolute Gasteiger partial charge is 0.357 e. The molecule has 88 valence electrons. The van der Waals surface area contributed by atoms with Gasteiger partial charge in [0.15, 0.2) is 0 Å². The van der Waals surface area contributed by atoms with Crippen LogP contribution >= 0.6 is 0 Å². The first-order valence-corrected chi connectivity index (χ1v) is 6.10. The number of aromatic nitrogens is 1. The lowest BCUT2D eigenvalue weighted by molar-refractivity contribution is 0.413. The summed E-state index contributed by atoms with van der Waals surface area (Å²) >= 11 is 0. The SMILES string of the molecule is Cc1ccc(N2CCC(CN)CC2)nc1C. The van der Waals surface area contributed by atoms with Crippen molar-refractivity contribution in [3.05, 3.63) is 23.4 Å². The molecule has 2 heterocycles. The molecular weight excluding hydrogens is 198 g/mol. The van der Waals surface area contributed by atoms with Crippen molar-refractivity contribution in [2.75, 3.05) is 24.5 Å². The number of rotatable bonds is 2. The van der Waals surface area contributed by atoms with Crippen LogP contribution in [-0.2, 0) is 0 Å². The molecule has 0 atom stereocenters. The van der Waals surface area contributed by atoms with Crippen molar-refractivity contribution in [3.63, 3.8) is 0 Å². The molecule has 3 nitrogen and oxygen atoms in total. The Morgan fingerprint density at radius 1 is 1.31 bits per heavy atom. The summed E-state index contributed by atoms with van der Waals surface area (Å²) < 4.78 is 0. The van der Waals surface area contributed by atoms with Crippen molar-refractivity contribution < 1.29 is 0 Å². The molecule has 1 aromatic rings. The molecule has 0 spiro atoms. The van der Waals surface area contributed by atoms with Crippen molar-refractivity contribution in [2.45, 2.75) is 26.7 Å². The van der Waals surface area contributed by atoms with Gasteiger partial charge >= 0.3 is 0 Å². The van der Waals surface area contributed by atoms with Gasteiger partial charge in [0.1, 0.15) is 5.82 Å². The first kappa shape index (κ1) is 11.4. The molecule has 0 bridgehead atoms. The summed E-state index contributed by atoms with van der Waals surface area (Å²) in [5, 5.41) is 0. The zero-order valence-corrected chi connectivity index (χ0v) is 10.2. The Hall–Kier alpha value is -1.09. The summed E-state index contributed by atoms with van der Waals surface area (Å²) in [6, 6.07) is 4.29. The predicted molar refractivity (Wildman–Crippen MR) is 67.7 cm³/mol. The monoisotopic (exact) mass is 219 g/mol. The van der Waals surface area contributed by atoms with Crippen LogP contribution in [0.5, 0.6) is 0 Å². The summed E-state index contributed by atoms with van der Waals surface area (Å²) in [6.07, 6.45) is 2.40. The molecule has 16 heavy (non-hydrogen) atoms. The number of anilines is 1. The second-order valence-electron chi connectivity index (χ2n) is 4.74. The molecule has 1 aromatic heterocycles. The van der Waals surface area contributed by atoms with Crippen LogP contribution in [0.3, 0.4) is 0 Å². The van der Waals surface area contributed by atoms with Crippen molar-refractivity contribution in [1.29, 1.82) is 0 Å². The Bertz CT molecular complexity index is 354. The third kappa shape index (κ3) is 2.35. The third-order valence-electron chi connectivity index (χ3n) is 3.61. The summed E-state index contributed by atoms with van der Waals surface area (Å²) in [5.41, 5.74) is 8.10. The van der Waals surface area contributed by atoms with Gasteiger partial charge in [-0.15, -0.1) is 0 Å². The van der Waals surface area contributed by atoms with Crippen LogP contribution in [0.4, 0.5) is 5.82 Å². The minimum Gasteiger partial charge on any atom is -0.357 e. The standard InChI is InChI=1S/C13H21N3/c1-10-3-4-13(15-11(10)2)16-7-5-12(9-14)6-8-16/h3-4,12H,5-9,14H2,1-2H3. The Kier molecular flexibility index (Phi) is 3.44. The highest BCUT2D eigenvalue weighted by Crippen LogP contribution is 2.21. The van der Waals surface area contributed by atoms with E-state index < -0.39 is 0 Å². The van der Waals surface area contributed by atoms with Crippen molar-refractivity contribution >= 4 is 5.82 Å². The first-order valence-electron chi connectivity index (χ1n) is 6.10. The molecule has 0 aliphatic carbocycles. The van der Waals surface area contributed by atoms with Gasteiger partial charge in [-0.2, -0.15) is 0 Å². The Balaban J connectivity index is 2.05. The lowest BCUT2D eigenvalue weighted by Crippen LogP contribution is -2.36. The smallest absolute Gasteiger partial charge is 0.128 e. The van der Waals surface area contributed by atoms with Gasteiger partial charge in [-0.25, -0.2) is 4.98 Å². The summed E-state index contributed by atoms with van der Waals surface area (Å²) in [6.45, 7) is 7.20. The Morgan fingerprint density at radius 2 is 2.00 bits per heavy atom. The normalized spacial score (nSPS) is 17.8. The van der Waals surface area contributed by atoms with Crippen LogP contribution in [0.25, 0.3) is 0 Å². The molecule has 0 radical (unpaired) electrons. The molecule has 0 unspecified atom stereocenters. The zero-order valence-electron chi connectivity index (χ0n) is 10.2. The van der Waals surface area contributed by atoms with Gasteiger partial charge < -0.3 is 10.6 Å². The molecular formula is C13H21N3. The predicted octanol–water partition coefficient (Wildman–Crippen LogP) is 1.87. The fourth-order valence-corrected chi connectivity index (χ4v) is 2.19. The van der Waals surface area contributed by atoms with E-state index in [-0.39, 0.29) is 0 Å². The second-order valence-corrected chi connectivity index (χ2v) is 4.74. The van der Waals surface area contributed by atoms with Crippen molar-refractivity contribution in [3.8, 4) is 0 Å². The van der Waals surface area contributed by atoms with Crippen molar-refractivity contribution in [2.24, 2.45) is 11.7 Å². The van der Waals surface area contributed by atoms with Crippen LogP contribution in [0.15, 0.2) is 12.1 Å². The molecule has 3 heteroatoms. The molecule has 0 aromatic carbocycles. The Morgan fingerprint density at radius 3 is 2.56 bits per heavy atom. The van der Waals surface area contributed by atoms with E-state index in [4.69, 9.17) is 5.73 Å². The van der Waals surface area contributed by atoms with Crippen LogP contribution in [-0.4, -0.2) is 24.6 Å². The quantitative estimate of drug-likeness (QED) is 0.825. The average Bonchev–Trinajstić information content (AvgIpc) is 2.33. The fourth-order valence-electron chi connectivity index (χ4n) is 2.19. The fraction of sp³-hybridized carbons (Fsp3) is 0.615. The van der Waals surface area contributed by atoms with Gasteiger partial charge in [0.05, 0.1) is 0 Å². The topological polar surface area (TPSA) is 42.1 Å². The molecule has 2 rings (SSSR count). The van der Waals surface area contributed by atoms with E-state index in [0.29, 0.717) is 5.92 Å². The minimum absolute atomic E-state index is 0.711. The van der Waals surface area contributed by atoms with Gasteiger partial charge in [-0.1, -0.05) is 6.07 Å². The van der Waals surface area contributed by atoms with Crippen LogP contribution in [0.2, 0.25) is 0 Å². The highest BCUT2D eigenvalue weighted by Gasteiger charge is 2.18. The third-order valence-corrected chi connectivity index (χ3v) is 3.61. The zero-order chi connectivity index (χ0) is 11.5. The van der Waals surface area contributed by atoms with E-state index in [1.165, 1.54) is 18.4 Å². The average molecular weight is 219 g/mol. The van der Waals surface area contributed by atoms with Crippen molar-refractivity contribution in [1.82, 2.24) is 4.98 Å². The highest BCUT2D eigenvalue weighted by atomic mass is 15.2. The molecule has 2 N–H and O–H groups in total. The Labute approximate surface area is 97.7 Å². The summed E-state index contributed by atoms with van der Waals surface area (Å²) in [4.78, 5) is 7.02. The number of hydrogen-bond acceptors (Lipinski definition) is 3. The molecule has 1 aliphatic heterocycles. The summed E-state index contributed by atoms with van der Waals surface area (Å²) in [7, 11) is 0. The van der Waals surface area contributed by atoms with Gasteiger partial charge in [-0.3, -0.25) is 0 Å². The van der Waals surface area contributed by atoms with Gasteiger partial charge in [0.25, 0.3) is 0 Å².